The summed E-state index contributed by atoms with van der Waals surface area (Å²) in [6, 6.07) is 10.6. The van der Waals surface area contributed by atoms with Gasteiger partial charge in [-0.3, -0.25) is 14.5 Å². The third kappa shape index (κ3) is 3.77. The molecule has 0 unspecified atom stereocenters. The van der Waals surface area contributed by atoms with E-state index in [4.69, 9.17) is 0 Å². The van der Waals surface area contributed by atoms with E-state index in [-0.39, 0.29) is 25.4 Å². The summed E-state index contributed by atoms with van der Waals surface area (Å²) in [5, 5.41) is 0. The summed E-state index contributed by atoms with van der Waals surface area (Å²) in [4.78, 5) is 27.8. The predicted octanol–water partition coefficient (Wildman–Crippen LogP) is 2.74. The van der Waals surface area contributed by atoms with Gasteiger partial charge in [0.05, 0.1) is 12.1 Å². The highest BCUT2D eigenvalue weighted by Gasteiger charge is 2.27. The molecular weight excluding hydrogens is 345 g/mol. The van der Waals surface area contributed by atoms with E-state index in [2.05, 4.69) is 0 Å². The van der Waals surface area contributed by atoms with Gasteiger partial charge in [0.2, 0.25) is 0 Å². The Balaban J connectivity index is 1.59. The van der Waals surface area contributed by atoms with Crippen molar-refractivity contribution in [3.8, 4) is 0 Å². The minimum Gasteiger partial charge on any atom is -0.336 e. The third-order valence-electron chi connectivity index (χ3n) is 4.39. The Kier molecular flexibility index (Phi) is 5.37. The molecule has 1 fully saturated rings. The molecule has 0 radical (unpaired) electrons. The second-order valence-corrected chi connectivity index (χ2v) is 6.08. The van der Waals surface area contributed by atoms with E-state index in [9.17, 15) is 22.8 Å². The lowest BCUT2D eigenvalue weighted by Crippen LogP contribution is -2.50. The lowest BCUT2D eigenvalue weighted by atomic mass is 10.1. The van der Waals surface area contributed by atoms with Gasteiger partial charge in [-0.25, -0.2) is 13.2 Å². The fourth-order valence-corrected chi connectivity index (χ4v) is 2.89. The third-order valence-corrected chi connectivity index (χ3v) is 4.39. The normalized spacial score (nSPS) is 15.1. The maximum atomic E-state index is 13.8. The smallest absolute Gasteiger partial charge is 0.257 e. The number of hydrogen-bond donors (Lipinski definition) is 0. The summed E-state index contributed by atoms with van der Waals surface area (Å²) < 4.78 is 40.1. The maximum Gasteiger partial charge on any atom is 0.257 e. The number of nitrogens with zero attached hydrogens (tertiary/aromatic N) is 2. The maximum absolute atomic E-state index is 13.8. The Labute approximate surface area is 148 Å². The van der Waals surface area contributed by atoms with Crippen molar-refractivity contribution in [1.29, 1.82) is 0 Å². The summed E-state index contributed by atoms with van der Waals surface area (Å²) in [6.45, 7) is 1.66. The second kappa shape index (κ2) is 7.70. The predicted molar refractivity (Wildman–Crippen MR) is 89.4 cm³/mol. The van der Waals surface area contributed by atoms with Gasteiger partial charge in [-0.15, -0.1) is 0 Å². The molecule has 2 aromatic rings. The fraction of sp³-hybridized carbons (Fsp3) is 0.263. The van der Waals surface area contributed by atoms with Crippen LogP contribution in [0.4, 0.5) is 13.2 Å². The van der Waals surface area contributed by atoms with Gasteiger partial charge in [-0.2, -0.15) is 0 Å². The highest BCUT2D eigenvalue weighted by molar-refractivity contribution is 5.97. The zero-order valence-corrected chi connectivity index (χ0v) is 13.9. The molecule has 1 aliphatic rings. The molecule has 0 aliphatic carbocycles. The molecule has 26 heavy (non-hydrogen) atoms. The van der Waals surface area contributed by atoms with Crippen LogP contribution in [0, 0.1) is 17.5 Å². The van der Waals surface area contributed by atoms with Crippen LogP contribution >= 0.6 is 0 Å². The Morgan fingerprint density at radius 1 is 0.846 bits per heavy atom. The van der Waals surface area contributed by atoms with Crippen LogP contribution < -0.4 is 0 Å². The average Bonchev–Trinajstić information content (AvgIpc) is 2.67. The average molecular weight is 362 g/mol. The first-order valence-electron chi connectivity index (χ1n) is 8.20. The van der Waals surface area contributed by atoms with Crippen molar-refractivity contribution in [2.24, 2.45) is 0 Å². The van der Waals surface area contributed by atoms with Crippen molar-refractivity contribution in [3.63, 3.8) is 0 Å². The van der Waals surface area contributed by atoms with E-state index >= 15 is 0 Å². The topological polar surface area (TPSA) is 40.6 Å². The first kappa shape index (κ1) is 18.1. The van der Waals surface area contributed by atoms with Gasteiger partial charge in [0, 0.05) is 31.7 Å². The molecule has 1 aliphatic heterocycles. The number of carbonyl (C=O) groups excluding carboxylic acids is 2. The van der Waals surface area contributed by atoms with Crippen LogP contribution in [-0.4, -0.2) is 54.2 Å². The Morgan fingerprint density at radius 2 is 1.50 bits per heavy atom. The standard InChI is InChI=1S/C19H17F3N2O2/c20-15-7-6-14(17(21)18(15)22)19(26)24-10-8-23(9-11-24)12-16(25)13-4-2-1-3-5-13/h1-7H,8-12H2. The molecule has 0 atom stereocenters. The molecule has 0 N–H and O–H groups in total. The molecule has 1 amide bonds. The van der Waals surface area contributed by atoms with E-state index in [0.29, 0.717) is 18.7 Å². The number of ketones is 1. The molecule has 2 aromatic carbocycles. The summed E-state index contributed by atoms with van der Waals surface area (Å²) in [6.07, 6.45) is 0. The first-order chi connectivity index (χ1) is 12.5. The first-order valence-corrected chi connectivity index (χ1v) is 8.20. The molecular formula is C19H17F3N2O2. The SMILES string of the molecule is O=C(CN1CCN(C(=O)c2ccc(F)c(F)c2F)CC1)c1ccccc1. The largest absolute Gasteiger partial charge is 0.336 e. The molecule has 4 nitrogen and oxygen atoms in total. The number of rotatable bonds is 4. The molecule has 0 saturated carbocycles. The number of benzene rings is 2. The number of piperazine rings is 1. The number of Topliss-reactive ketones (excluding diaryl/α,β-unsaturated/α-hetero) is 1. The molecule has 0 aromatic heterocycles. The van der Waals surface area contributed by atoms with Gasteiger partial charge in [-0.1, -0.05) is 30.3 Å². The van der Waals surface area contributed by atoms with Gasteiger partial charge < -0.3 is 4.90 Å². The van der Waals surface area contributed by atoms with Crippen LogP contribution in [-0.2, 0) is 0 Å². The van der Waals surface area contributed by atoms with Crippen LogP contribution in [0.3, 0.4) is 0 Å². The van der Waals surface area contributed by atoms with Crippen molar-refractivity contribution in [2.45, 2.75) is 0 Å². The Bertz CT molecular complexity index is 819. The van der Waals surface area contributed by atoms with Crippen LogP contribution in [0.2, 0.25) is 0 Å². The van der Waals surface area contributed by atoms with Gasteiger partial charge in [0.25, 0.3) is 5.91 Å². The lowest BCUT2D eigenvalue weighted by molar-refractivity contribution is 0.0619. The summed E-state index contributed by atoms with van der Waals surface area (Å²) in [5.41, 5.74) is 0.132. The van der Waals surface area contributed by atoms with E-state index in [1.165, 1.54) is 4.90 Å². The number of halogens is 3. The van der Waals surface area contributed by atoms with Crippen molar-refractivity contribution in [2.75, 3.05) is 32.7 Å². The molecule has 3 rings (SSSR count). The molecule has 0 spiro atoms. The molecule has 7 heteroatoms. The summed E-state index contributed by atoms with van der Waals surface area (Å²) in [5.74, 6) is -5.16. The van der Waals surface area contributed by atoms with Crippen molar-refractivity contribution >= 4 is 11.7 Å². The summed E-state index contributed by atoms with van der Waals surface area (Å²) >= 11 is 0. The number of hydrogen-bond acceptors (Lipinski definition) is 3. The summed E-state index contributed by atoms with van der Waals surface area (Å²) in [7, 11) is 0. The van der Waals surface area contributed by atoms with E-state index in [1.807, 2.05) is 11.0 Å². The van der Waals surface area contributed by atoms with Crippen LogP contribution in [0.5, 0.6) is 0 Å². The van der Waals surface area contributed by atoms with E-state index in [0.717, 1.165) is 12.1 Å². The van der Waals surface area contributed by atoms with Gasteiger partial charge in [-0.05, 0) is 12.1 Å². The van der Waals surface area contributed by atoms with Crippen LogP contribution in [0.1, 0.15) is 20.7 Å². The van der Waals surface area contributed by atoms with Gasteiger partial charge in [0.15, 0.2) is 23.2 Å². The molecule has 1 saturated heterocycles. The van der Waals surface area contributed by atoms with Crippen LogP contribution in [0.25, 0.3) is 0 Å². The van der Waals surface area contributed by atoms with Crippen LogP contribution in [0.15, 0.2) is 42.5 Å². The van der Waals surface area contributed by atoms with Crippen molar-refractivity contribution in [3.05, 3.63) is 71.0 Å². The number of amides is 1. The second-order valence-electron chi connectivity index (χ2n) is 6.08. The highest BCUT2D eigenvalue weighted by Crippen LogP contribution is 2.18. The minimum atomic E-state index is -1.65. The Hall–Kier alpha value is -2.67. The Morgan fingerprint density at radius 3 is 2.15 bits per heavy atom. The number of carbonyl (C=O) groups is 2. The van der Waals surface area contributed by atoms with E-state index in [1.54, 1.807) is 24.3 Å². The van der Waals surface area contributed by atoms with Crippen molar-refractivity contribution in [1.82, 2.24) is 9.80 Å². The zero-order chi connectivity index (χ0) is 18.7. The van der Waals surface area contributed by atoms with Gasteiger partial charge in [0.1, 0.15) is 0 Å². The molecule has 1 heterocycles. The lowest BCUT2D eigenvalue weighted by Gasteiger charge is -2.34. The fourth-order valence-electron chi connectivity index (χ4n) is 2.89. The monoisotopic (exact) mass is 362 g/mol. The van der Waals surface area contributed by atoms with Crippen molar-refractivity contribution < 1.29 is 22.8 Å². The zero-order valence-electron chi connectivity index (χ0n) is 13.9. The molecule has 136 valence electrons. The minimum absolute atomic E-state index is 0.0166. The highest BCUT2D eigenvalue weighted by atomic mass is 19.2. The van der Waals surface area contributed by atoms with E-state index < -0.39 is 28.9 Å². The van der Waals surface area contributed by atoms with Gasteiger partial charge >= 0.3 is 0 Å². The quantitative estimate of drug-likeness (QED) is 0.620. The molecule has 0 bridgehead atoms.